The lowest BCUT2D eigenvalue weighted by Crippen LogP contribution is -2.22. The molecule has 0 aromatic carbocycles. The molecule has 0 N–H and O–H groups in total. The summed E-state index contributed by atoms with van der Waals surface area (Å²) in [6.07, 6.45) is 5.06. The van der Waals surface area contributed by atoms with Crippen LogP contribution >= 0.6 is 11.6 Å². The molecule has 138 valence electrons. The summed E-state index contributed by atoms with van der Waals surface area (Å²) in [7, 11) is -1.12. The lowest BCUT2D eigenvalue weighted by atomic mass is 9.92. The maximum absolute atomic E-state index is 14.0. The minimum Gasteiger partial charge on any atom is -0.381 e. The molecule has 0 aliphatic carbocycles. The second-order valence-electron chi connectivity index (χ2n) is 7.91. The molecule has 7 heteroatoms. The van der Waals surface area contributed by atoms with Crippen LogP contribution in [-0.4, -0.2) is 37.4 Å². The molecule has 1 fully saturated rings. The third kappa shape index (κ3) is 4.42. The van der Waals surface area contributed by atoms with E-state index in [0.29, 0.717) is 18.3 Å². The Morgan fingerprint density at radius 2 is 2.08 bits per heavy atom. The van der Waals surface area contributed by atoms with Gasteiger partial charge in [-0.1, -0.05) is 31.2 Å². The van der Waals surface area contributed by atoms with Crippen LogP contribution in [0.5, 0.6) is 0 Å². The number of hydrogen-bond donors (Lipinski definition) is 0. The van der Waals surface area contributed by atoms with E-state index in [0.717, 1.165) is 49.7 Å². The molecule has 0 saturated carbocycles. The first-order chi connectivity index (χ1) is 11.9. The van der Waals surface area contributed by atoms with E-state index in [4.69, 9.17) is 21.1 Å². The van der Waals surface area contributed by atoms with Crippen molar-refractivity contribution in [2.24, 2.45) is 0 Å². The zero-order chi connectivity index (χ0) is 18.0. The summed E-state index contributed by atoms with van der Waals surface area (Å²) >= 11 is 6.29. The van der Waals surface area contributed by atoms with Crippen molar-refractivity contribution in [1.82, 2.24) is 9.55 Å². The zero-order valence-corrected chi connectivity index (χ0v) is 16.9. The van der Waals surface area contributed by atoms with Gasteiger partial charge in [0.15, 0.2) is 5.82 Å². The molecule has 3 rings (SSSR count). The van der Waals surface area contributed by atoms with Crippen LogP contribution in [0.2, 0.25) is 30.7 Å². The largest absolute Gasteiger partial charge is 0.381 e. The van der Waals surface area contributed by atoms with E-state index in [-0.39, 0.29) is 5.02 Å². The second kappa shape index (κ2) is 7.74. The van der Waals surface area contributed by atoms with Gasteiger partial charge < -0.3 is 14.0 Å². The fourth-order valence-corrected chi connectivity index (χ4v) is 4.18. The van der Waals surface area contributed by atoms with Gasteiger partial charge in [-0.05, 0) is 30.4 Å². The Morgan fingerprint density at radius 1 is 1.36 bits per heavy atom. The number of pyridine rings is 1. The molecular formula is C18H26ClFN2O2Si. The number of halogens is 2. The Labute approximate surface area is 154 Å². The van der Waals surface area contributed by atoms with Crippen LogP contribution in [0.15, 0.2) is 12.4 Å². The van der Waals surface area contributed by atoms with Crippen molar-refractivity contribution in [3.8, 4) is 0 Å². The second-order valence-corrected chi connectivity index (χ2v) is 13.9. The lowest BCUT2D eigenvalue weighted by Gasteiger charge is -2.21. The van der Waals surface area contributed by atoms with Gasteiger partial charge in [0.1, 0.15) is 12.4 Å². The average molecular weight is 385 g/mol. The number of ether oxygens (including phenoxy) is 2. The predicted molar refractivity (Wildman–Crippen MR) is 102 cm³/mol. The molecule has 3 heterocycles. The first-order valence-electron chi connectivity index (χ1n) is 8.85. The Hall–Kier alpha value is -0.953. The van der Waals surface area contributed by atoms with Crippen LogP contribution in [0.3, 0.4) is 0 Å². The van der Waals surface area contributed by atoms with Gasteiger partial charge in [-0.25, -0.2) is 9.37 Å². The summed E-state index contributed by atoms with van der Waals surface area (Å²) in [4.78, 5) is 4.29. The van der Waals surface area contributed by atoms with E-state index >= 15 is 0 Å². The van der Waals surface area contributed by atoms with Gasteiger partial charge >= 0.3 is 0 Å². The SMILES string of the molecule is C[Si](C)(C)CCOCn1cc(C2CCOCC2)c2c(Cl)c(F)cnc21. The van der Waals surface area contributed by atoms with E-state index in [1.807, 2.05) is 10.8 Å². The maximum atomic E-state index is 14.0. The van der Waals surface area contributed by atoms with Gasteiger partial charge in [0.05, 0.1) is 11.2 Å². The number of aromatic nitrogens is 2. The highest BCUT2D eigenvalue weighted by atomic mass is 35.5. The monoisotopic (exact) mass is 384 g/mol. The van der Waals surface area contributed by atoms with Gasteiger partial charge in [-0.15, -0.1) is 0 Å². The summed E-state index contributed by atoms with van der Waals surface area (Å²) < 4.78 is 27.3. The first-order valence-corrected chi connectivity index (χ1v) is 12.9. The molecule has 2 aromatic rings. The molecule has 25 heavy (non-hydrogen) atoms. The van der Waals surface area contributed by atoms with Gasteiger partial charge in [0.25, 0.3) is 0 Å². The number of nitrogens with zero attached hydrogens (tertiary/aromatic N) is 2. The van der Waals surface area contributed by atoms with Crippen molar-refractivity contribution in [1.29, 1.82) is 0 Å². The maximum Gasteiger partial charge on any atom is 0.160 e. The number of fused-ring (bicyclic) bond motifs is 1. The smallest absolute Gasteiger partial charge is 0.160 e. The van der Waals surface area contributed by atoms with Crippen LogP contribution < -0.4 is 0 Å². The summed E-state index contributed by atoms with van der Waals surface area (Å²) in [5.41, 5.74) is 1.75. The number of rotatable bonds is 6. The lowest BCUT2D eigenvalue weighted by molar-refractivity contribution is 0.0840. The minimum absolute atomic E-state index is 0.160. The van der Waals surface area contributed by atoms with Crippen LogP contribution in [0, 0.1) is 5.82 Å². The third-order valence-corrected chi connectivity index (χ3v) is 6.77. The van der Waals surface area contributed by atoms with Gasteiger partial charge in [-0.3, -0.25) is 0 Å². The highest BCUT2D eigenvalue weighted by Crippen LogP contribution is 2.37. The van der Waals surface area contributed by atoms with Crippen LogP contribution in [0.25, 0.3) is 11.0 Å². The summed E-state index contributed by atoms with van der Waals surface area (Å²) in [6, 6.07) is 1.11. The normalized spacial score (nSPS) is 16.7. The Kier molecular flexibility index (Phi) is 5.83. The van der Waals surface area contributed by atoms with Crippen LogP contribution in [-0.2, 0) is 16.2 Å². The molecular weight excluding hydrogens is 359 g/mol. The van der Waals surface area contributed by atoms with Gasteiger partial charge in [0, 0.05) is 39.5 Å². The Morgan fingerprint density at radius 3 is 2.76 bits per heavy atom. The highest BCUT2D eigenvalue weighted by molar-refractivity contribution is 6.76. The molecule has 0 bridgehead atoms. The van der Waals surface area contributed by atoms with E-state index in [1.54, 1.807) is 0 Å². The average Bonchev–Trinajstić information content (AvgIpc) is 2.94. The molecule has 1 aliphatic rings. The van der Waals surface area contributed by atoms with E-state index in [2.05, 4.69) is 24.6 Å². The predicted octanol–water partition coefficient (Wildman–Crippen LogP) is 5.04. The van der Waals surface area contributed by atoms with E-state index in [9.17, 15) is 4.39 Å². The van der Waals surface area contributed by atoms with E-state index < -0.39 is 13.9 Å². The first kappa shape index (κ1) is 18.8. The quantitative estimate of drug-likeness (QED) is 0.517. The molecule has 1 aliphatic heterocycles. The highest BCUT2D eigenvalue weighted by Gasteiger charge is 2.24. The minimum atomic E-state index is -1.12. The van der Waals surface area contributed by atoms with Crippen molar-refractivity contribution in [3.05, 3.63) is 28.8 Å². The van der Waals surface area contributed by atoms with E-state index in [1.165, 1.54) is 6.20 Å². The molecule has 0 amide bonds. The standard InChI is InChI=1S/C18H26ClFN2O2Si/c1-25(2,3)9-8-24-12-22-11-14(13-4-6-23-7-5-13)16-17(19)15(20)10-21-18(16)22/h10-11,13H,4-9,12H2,1-3H3. The topological polar surface area (TPSA) is 36.3 Å². The molecule has 2 aromatic heterocycles. The van der Waals surface area contributed by atoms with Crippen molar-refractivity contribution in [2.75, 3.05) is 19.8 Å². The molecule has 0 unspecified atom stereocenters. The Balaban J connectivity index is 1.87. The van der Waals surface area contributed by atoms with Crippen molar-refractivity contribution in [2.45, 2.75) is 51.2 Å². The zero-order valence-electron chi connectivity index (χ0n) is 15.1. The summed E-state index contributed by atoms with van der Waals surface area (Å²) in [6.45, 7) is 9.59. The summed E-state index contributed by atoms with van der Waals surface area (Å²) in [5, 5.41) is 0.884. The summed E-state index contributed by atoms with van der Waals surface area (Å²) in [5.74, 6) is -0.152. The molecule has 4 nitrogen and oxygen atoms in total. The molecule has 1 saturated heterocycles. The van der Waals surface area contributed by atoms with Crippen molar-refractivity contribution < 1.29 is 13.9 Å². The molecule has 0 spiro atoms. The van der Waals surface area contributed by atoms with Gasteiger partial charge in [0.2, 0.25) is 0 Å². The van der Waals surface area contributed by atoms with Gasteiger partial charge in [-0.2, -0.15) is 0 Å². The van der Waals surface area contributed by atoms with Crippen molar-refractivity contribution in [3.63, 3.8) is 0 Å². The number of hydrogen-bond acceptors (Lipinski definition) is 3. The van der Waals surface area contributed by atoms with Crippen molar-refractivity contribution >= 4 is 30.7 Å². The molecule has 0 atom stereocenters. The molecule has 0 radical (unpaired) electrons. The van der Waals surface area contributed by atoms with Crippen LogP contribution in [0.1, 0.15) is 24.3 Å². The van der Waals surface area contributed by atoms with Crippen LogP contribution in [0.4, 0.5) is 4.39 Å². The fraction of sp³-hybridized carbons (Fsp3) is 0.611. The fourth-order valence-electron chi connectivity index (χ4n) is 3.18. The Bertz CT molecular complexity index is 739. The third-order valence-electron chi connectivity index (χ3n) is 4.70.